The van der Waals surface area contributed by atoms with Crippen LogP contribution in [-0.4, -0.2) is 46.8 Å². The van der Waals surface area contributed by atoms with Gasteiger partial charge in [-0.3, -0.25) is 0 Å². The predicted molar refractivity (Wildman–Crippen MR) is 111 cm³/mol. The topological polar surface area (TPSA) is 64.6 Å². The third-order valence-electron chi connectivity index (χ3n) is 5.48. The molecule has 2 amide bonds. The van der Waals surface area contributed by atoms with Crippen LogP contribution < -0.4 is 18.1 Å². The van der Waals surface area contributed by atoms with Crippen molar-refractivity contribution in [3.63, 3.8) is 0 Å². The van der Waals surface area contributed by atoms with E-state index in [1.165, 1.54) is 12.2 Å². The first-order chi connectivity index (χ1) is 13.6. The molecule has 0 saturated carbocycles. The molecule has 3 aliphatic rings. The minimum atomic E-state index is -2.61. The van der Waals surface area contributed by atoms with E-state index in [-0.39, 0.29) is 11.1 Å². The van der Waals surface area contributed by atoms with Gasteiger partial charge in [0.2, 0.25) is 0 Å². The number of hydrogen-bond donors (Lipinski definition) is 1. The van der Waals surface area contributed by atoms with Crippen molar-refractivity contribution >= 4 is 57.1 Å². The number of hydrogen-bond acceptors (Lipinski definition) is 5. The van der Waals surface area contributed by atoms with Crippen molar-refractivity contribution in [2.75, 3.05) is 14.2 Å². The van der Waals surface area contributed by atoms with E-state index in [1.54, 1.807) is 14.2 Å². The second kappa shape index (κ2) is 6.74. The van der Waals surface area contributed by atoms with Crippen LogP contribution >= 0.6 is 11.8 Å². The Hall–Kier alpha value is -2.12. The zero-order chi connectivity index (χ0) is 19.4. The fourth-order valence-electron chi connectivity index (χ4n) is 4.31. The monoisotopic (exact) mass is 493 g/mol. The van der Waals surface area contributed by atoms with Gasteiger partial charge < -0.3 is 0 Å². The predicted octanol–water partition coefficient (Wildman–Crippen LogP) is 2.83. The van der Waals surface area contributed by atoms with E-state index >= 15 is 0 Å². The van der Waals surface area contributed by atoms with E-state index in [0.717, 1.165) is 44.1 Å². The van der Waals surface area contributed by atoms with Gasteiger partial charge in [-0.25, -0.2) is 0 Å². The van der Waals surface area contributed by atoms with Crippen molar-refractivity contribution in [1.82, 2.24) is 5.32 Å². The Bertz CT molecular complexity index is 1120. The fourth-order valence-corrected chi connectivity index (χ4v) is 16.7. The number of nitrogens with one attached hydrogen (secondary N) is 1. The number of amides is 2. The molecule has 0 radical (unpaired) electrons. The number of carbonyl (C=O) groups excluding carboxylic acids is 2. The quantitative estimate of drug-likeness (QED) is 0.665. The summed E-state index contributed by atoms with van der Waals surface area (Å²) in [4.78, 5) is 24.8. The molecule has 138 valence electrons. The second-order valence-electron chi connectivity index (χ2n) is 6.90. The molecule has 0 aliphatic carbocycles. The van der Waals surface area contributed by atoms with Crippen molar-refractivity contribution in [1.29, 1.82) is 0 Å². The molecule has 3 aliphatic heterocycles. The van der Waals surface area contributed by atoms with Crippen LogP contribution in [0.15, 0.2) is 44.6 Å². The van der Waals surface area contributed by atoms with Crippen molar-refractivity contribution in [3.8, 4) is 11.5 Å². The normalized spacial score (nSPS) is 19.2. The van der Waals surface area contributed by atoms with Crippen LogP contribution in [0.25, 0.3) is 9.41 Å². The molecule has 0 unspecified atom stereocenters. The molecule has 1 saturated heterocycles. The van der Waals surface area contributed by atoms with E-state index in [0.29, 0.717) is 4.91 Å². The standard InChI is InChI=1S/C21H16NO4S.In/c1-25-17-11-10-15(18(13-17)26-2)9-5-8-14-6-3-4-7-16(14)12-19-20(23)22-21(24)27-19;/h3-4,7-8,10-11,13H,9H2,1-2H3,(H,22,23,24);. The average molecular weight is 493 g/mol. The van der Waals surface area contributed by atoms with Crippen molar-refractivity contribution in [3.05, 3.63) is 61.3 Å². The van der Waals surface area contributed by atoms with Gasteiger partial charge in [0.25, 0.3) is 0 Å². The zero-order valence-corrected chi connectivity index (χ0v) is 19.5. The molecule has 5 nitrogen and oxygen atoms in total. The van der Waals surface area contributed by atoms with Crippen molar-refractivity contribution in [2.45, 2.75) is 6.42 Å². The third kappa shape index (κ3) is 2.63. The van der Waals surface area contributed by atoms with Crippen LogP contribution in [0.1, 0.15) is 16.7 Å². The molecule has 3 heterocycles. The van der Waals surface area contributed by atoms with E-state index in [9.17, 15) is 9.59 Å². The molecule has 7 heteroatoms. The summed E-state index contributed by atoms with van der Waals surface area (Å²) in [6.45, 7) is 0. The van der Waals surface area contributed by atoms with E-state index < -0.39 is 21.4 Å². The molecule has 2 aromatic rings. The second-order valence-corrected chi connectivity index (χ2v) is 15.9. The van der Waals surface area contributed by atoms with Crippen LogP contribution in [0.4, 0.5) is 4.79 Å². The van der Waals surface area contributed by atoms with Gasteiger partial charge in [-0.15, -0.1) is 0 Å². The van der Waals surface area contributed by atoms with Gasteiger partial charge >= 0.3 is 175 Å². The molecule has 5 rings (SSSR count). The summed E-state index contributed by atoms with van der Waals surface area (Å²) < 4.78 is 14.9. The molecule has 28 heavy (non-hydrogen) atoms. The maximum atomic E-state index is 12.4. The van der Waals surface area contributed by atoms with Crippen molar-refractivity contribution in [2.24, 2.45) is 0 Å². The summed E-state index contributed by atoms with van der Waals surface area (Å²) in [7, 11) is 3.31. The first-order valence-electron chi connectivity index (χ1n) is 8.92. The Morgan fingerprint density at radius 1 is 1.11 bits per heavy atom. The Balaban J connectivity index is 1.57. The minimum absolute atomic E-state index is 0.247. The zero-order valence-electron chi connectivity index (χ0n) is 15.4. The summed E-state index contributed by atoms with van der Waals surface area (Å²) in [5.41, 5.74) is 3.51. The third-order valence-corrected chi connectivity index (χ3v) is 16.7. The van der Waals surface area contributed by atoms with Crippen LogP contribution in [0, 0.1) is 0 Å². The van der Waals surface area contributed by atoms with Crippen molar-refractivity contribution < 1.29 is 19.1 Å². The van der Waals surface area contributed by atoms with E-state index in [1.807, 2.05) is 18.2 Å². The van der Waals surface area contributed by atoms with Gasteiger partial charge in [-0.2, -0.15) is 0 Å². The molecule has 0 aromatic heterocycles. The molecule has 0 atom stereocenters. The van der Waals surface area contributed by atoms with Gasteiger partial charge in [0, 0.05) is 0 Å². The number of imide groups is 1. The number of methoxy groups -OCH3 is 2. The first-order valence-corrected chi connectivity index (χ1v) is 14.7. The van der Waals surface area contributed by atoms with Crippen LogP contribution in [-0.2, 0) is 11.2 Å². The molecule has 0 spiro atoms. The number of ether oxygens (including phenoxy) is 2. The Morgan fingerprint density at radius 3 is 2.64 bits per heavy atom. The summed E-state index contributed by atoms with van der Waals surface area (Å²) in [6, 6.07) is 12.2. The molecular weight excluding hydrogens is 477 g/mol. The number of rotatable bonds is 4. The fraction of sp³-hybridized carbons (Fsp3) is 0.143. The van der Waals surface area contributed by atoms with E-state index in [4.69, 9.17) is 9.47 Å². The number of thioether (sulfide) groups is 1. The average Bonchev–Trinajstić information content (AvgIpc) is 3.27. The summed E-state index contributed by atoms with van der Waals surface area (Å²) in [6.07, 6.45) is 3.09. The van der Waals surface area contributed by atoms with Gasteiger partial charge in [0.15, 0.2) is 0 Å². The van der Waals surface area contributed by atoms with Crippen LogP contribution in [0.2, 0.25) is 0 Å². The molecular formula is C21H16InNO4S. The molecule has 4 bridgehead atoms. The van der Waals surface area contributed by atoms with Crippen LogP contribution in [0.3, 0.4) is 0 Å². The van der Waals surface area contributed by atoms with Gasteiger partial charge in [-0.05, 0) is 0 Å². The maximum absolute atomic E-state index is 12.4. The Kier molecular flexibility index (Phi) is 4.32. The molecule has 2 aromatic carbocycles. The molecule has 1 fully saturated rings. The Morgan fingerprint density at radius 2 is 1.96 bits per heavy atom. The summed E-state index contributed by atoms with van der Waals surface area (Å²) >= 11 is -1.56. The number of carbonyl (C=O) groups is 2. The number of benzene rings is 2. The van der Waals surface area contributed by atoms with Gasteiger partial charge in [0.1, 0.15) is 0 Å². The van der Waals surface area contributed by atoms with Gasteiger partial charge in [0.05, 0.1) is 0 Å². The van der Waals surface area contributed by atoms with Gasteiger partial charge in [-0.1, -0.05) is 0 Å². The number of allylic oxidation sites excluding steroid dienone is 1. The SMILES string of the molecule is COc1ccc(C[C]2=Cc3c4ccc[c]3[In]2/[C]4=C2\SC(=O)NC2=O)c(OC)c1. The first kappa shape index (κ1) is 17.9. The van der Waals surface area contributed by atoms with Crippen LogP contribution in [0.5, 0.6) is 11.5 Å². The Labute approximate surface area is 174 Å². The summed E-state index contributed by atoms with van der Waals surface area (Å²) in [5.74, 6) is 1.32. The van der Waals surface area contributed by atoms with E-state index in [2.05, 4.69) is 29.6 Å². The summed E-state index contributed by atoms with van der Waals surface area (Å²) in [5, 5.41) is 2.14. The molecule has 1 N–H and O–H groups in total.